The van der Waals surface area contributed by atoms with Gasteiger partial charge < -0.3 is 10.4 Å². The molecular formula is C17H13N3O5. The highest BCUT2D eigenvalue weighted by atomic mass is 16.6. The number of imide groups is 1. The third-order valence-corrected chi connectivity index (χ3v) is 3.67. The molecule has 0 unspecified atom stereocenters. The summed E-state index contributed by atoms with van der Waals surface area (Å²) in [6.07, 6.45) is 1.22. The number of carbonyl (C=O) groups excluding carboxylic acids is 2. The minimum Gasteiger partial charge on any atom is -0.507 e. The van der Waals surface area contributed by atoms with Crippen LogP contribution in [0.1, 0.15) is 11.1 Å². The number of urea groups is 1. The minimum atomic E-state index is -0.613. The van der Waals surface area contributed by atoms with Crippen LogP contribution in [0.15, 0.2) is 54.2 Å². The molecule has 0 bridgehead atoms. The number of aromatic hydroxyl groups is 1. The fourth-order valence-corrected chi connectivity index (χ4v) is 2.41. The van der Waals surface area contributed by atoms with Crippen molar-refractivity contribution in [2.45, 2.75) is 6.54 Å². The number of non-ortho nitro benzene ring substituents is 1. The van der Waals surface area contributed by atoms with Gasteiger partial charge in [-0.05, 0) is 17.7 Å². The Bertz CT molecular complexity index is 892. The van der Waals surface area contributed by atoms with E-state index in [1.54, 1.807) is 24.3 Å². The molecule has 1 saturated heterocycles. The zero-order valence-corrected chi connectivity index (χ0v) is 12.9. The third-order valence-electron chi connectivity index (χ3n) is 3.67. The Morgan fingerprint density at radius 3 is 2.56 bits per heavy atom. The number of rotatable bonds is 4. The molecule has 2 aromatic rings. The van der Waals surface area contributed by atoms with Gasteiger partial charge in [-0.1, -0.05) is 30.3 Å². The molecule has 0 atom stereocenters. The first-order valence-electron chi connectivity index (χ1n) is 7.31. The van der Waals surface area contributed by atoms with Gasteiger partial charge in [0.15, 0.2) is 0 Å². The Hall–Kier alpha value is -3.68. The van der Waals surface area contributed by atoms with Gasteiger partial charge in [-0.25, -0.2) is 4.79 Å². The number of nitro benzene ring substituents is 1. The molecule has 1 aliphatic heterocycles. The minimum absolute atomic E-state index is 0.0586. The van der Waals surface area contributed by atoms with E-state index in [2.05, 4.69) is 5.32 Å². The van der Waals surface area contributed by atoms with Crippen LogP contribution in [0.2, 0.25) is 0 Å². The summed E-state index contributed by atoms with van der Waals surface area (Å²) in [6.45, 7) is 0.101. The molecule has 0 aromatic heterocycles. The number of phenolic OH excluding ortho intramolecular Hbond substituents is 1. The number of benzene rings is 2. The van der Waals surface area contributed by atoms with Crippen LogP contribution in [0.5, 0.6) is 5.75 Å². The molecule has 0 radical (unpaired) electrons. The number of nitrogens with one attached hydrogen (secondary N) is 1. The number of phenols is 1. The van der Waals surface area contributed by atoms with E-state index in [4.69, 9.17) is 0 Å². The van der Waals surface area contributed by atoms with Crippen molar-refractivity contribution in [3.8, 4) is 5.75 Å². The predicted octanol–water partition coefficient (Wildman–Crippen LogP) is 2.39. The van der Waals surface area contributed by atoms with Crippen molar-refractivity contribution in [3.05, 3.63) is 75.5 Å². The smallest absolute Gasteiger partial charge is 0.329 e. The van der Waals surface area contributed by atoms with Crippen LogP contribution in [-0.4, -0.2) is 26.9 Å². The highest BCUT2D eigenvalue weighted by molar-refractivity contribution is 6.14. The topological polar surface area (TPSA) is 113 Å². The number of nitro groups is 1. The molecule has 0 aliphatic carbocycles. The van der Waals surface area contributed by atoms with Crippen molar-refractivity contribution in [1.29, 1.82) is 0 Å². The standard InChI is InChI=1S/C17H13N3O5/c21-15-7-6-13(20(24)25)8-12(15)9-14-16(22)19(17(23)18-14)10-11-4-2-1-3-5-11/h1-9,21H,10H2,(H,18,23)/b14-9+. The summed E-state index contributed by atoms with van der Waals surface area (Å²) in [4.78, 5) is 35.7. The zero-order valence-electron chi connectivity index (χ0n) is 12.9. The van der Waals surface area contributed by atoms with Gasteiger partial charge in [-0.15, -0.1) is 0 Å². The summed E-state index contributed by atoms with van der Waals surface area (Å²) in [5.74, 6) is -0.804. The Balaban J connectivity index is 1.88. The Kier molecular flexibility index (Phi) is 4.17. The fraction of sp³-hybridized carbons (Fsp3) is 0.0588. The summed E-state index contributed by atoms with van der Waals surface area (Å²) >= 11 is 0. The first-order chi connectivity index (χ1) is 12.0. The summed E-state index contributed by atoms with van der Waals surface area (Å²) in [7, 11) is 0. The Morgan fingerprint density at radius 2 is 1.88 bits per heavy atom. The lowest BCUT2D eigenvalue weighted by molar-refractivity contribution is -0.384. The van der Waals surface area contributed by atoms with Crippen molar-refractivity contribution in [2.24, 2.45) is 0 Å². The Labute approximate surface area is 142 Å². The highest BCUT2D eigenvalue weighted by Gasteiger charge is 2.33. The maximum absolute atomic E-state index is 12.4. The Morgan fingerprint density at radius 1 is 1.16 bits per heavy atom. The molecule has 3 amide bonds. The van der Waals surface area contributed by atoms with Gasteiger partial charge in [0.2, 0.25) is 0 Å². The predicted molar refractivity (Wildman–Crippen MR) is 88.3 cm³/mol. The van der Waals surface area contributed by atoms with E-state index < -0.39 is 16.9 Å². The van der Waals surface area contributed by atoms with Crippen molar-refractivity contribution in [2.75, 3.05) is 0 Å². The monoisotopic (exact) mass is 339 g/mol. The second-order valence-corrected chi connectivity index (χ2v) is 5.37. The van der Waals surface area contributed by atoms with Gasteiger partial charge in [0, 0.05) is 17.7 Å². The molecule has 2 N–H and O–H groups in total. The summed E-state index contributed by atoms with van der Waals surface area (Å²) in [5, 5.41) is 23.1. The van der Waals surface area contributed by atoms with Crippen LogP contribution in [0, 0.1) is 10.1 Å². The molecule has 1 aliphatic rings. The first-order valence-corrected chi connectivity index (χ1v) is 7.31. The lowest BCUT2D eigenvalue weighted by Crippen LogP contribution is -2.30. The normalized spacial score (nSPS) is 15.5. The maximum atomic E-state index is 12.4. The van der Waals surface area contributed by atoms with Crippen LogP contribution in [0.25, 0.3) is 6.08 Å². The number of hydrogen-bond donors (Lipinski definition) is 2. The second-order valence-electron chi connectivity index (χ2n) is 5.37. The van der Waals surface area contributed by atoms with Gasteiger partial charge >= 0.3 is 6.03 Å². The number of amides is 3. The number of hydrogen-bond acceptors (Lipinski definition) is 5. The summed E-state index contributed by atoms with van der Waals surface area (Å²) in [5.41, 5.74) is 0.559. The van der Waals surface area contributed by atoms with Crippen molar-refractivity contribution >= 4 is 23.7 Å². The molecule has 0 saturated carbocycles. The largest absolute Gasteiger partial charge is 0.507 e. The average Bonchev–Trinajstić information content (AvgIpc) is 2.85. The molecule has 3 rings (SSSR count). The van der Waals surface area contributed by atoms with Crippen LogP contribution in [0.3, 0.4) is 0 Å². The molecular weight excluding hydrogens is 326 g/mol. The van der Waals surface area contributed by atoms with Crippen LogP contribution in [-0.2, 0) is 11.3 Å². The van der Waals surface area contributed by atoms with Gasteiger partial charge in [0.1, 0.15) is 11.4 Å². The van der Waals surface area contributed by atoms with Crippen molar-refractivity contribution in [3.63, 3.8) is 0 Å². The molecule has 25 heavy (non-hydrogen) atoms. The van der Waals surface area contributed by atoms with E-state index in [1.165, 1.54) is 6.08 Å². The molecule has 126 valence electrons. The number of carbonyl (C=O) groups is 2. The molecule has 8 nitrogen and oxygen atoms in total. The number of nitrogens with zero attached hydrogens (tertiary/aromatic N) is 2. The maximum Gasteiger partial charge on any atom is 0.329 e. The van der Waals surface area contributed by atoms with Crippen LogP contribution < -0.4 is 5.32 Å². The van der Waals surface area contributed by atoms with E-state index in [0.29, 0.717) is 0 Å². The zero-order chi connectivity index (χ0) is 18.0. The van der Waals surface area contributed by atoms with E-state index in [0.717, 1.165) is 28.7 Å². The lowest BCUT2D eigenvalue weighted by atomic mass is 10.1. The molecule has 2 aromatic carbocycles. The molecule has 1 heterocycles. The molecule has 8 heteroatoms. The van der Waals surface area contributed by atoms with Gasteiger partial charge in [0.25, 0.3) is 11.6 Å². The van der Waals surface area contributed by atoms with E-state index >= 15 is 0 Å². The quantitative estimate of drug-likeness (QED) is 0.384. The summed E-state index contributed by atoms with van der Waals surface area (Å²) in [6, 6.07) is 11.8. The van der Waals surface area contributed by atoms with Crippen molar-refractivity contribution in [1.82, 2.24) is 10.2 Å². The fourth-order valence-electron chi connectivity index (χ4n) is 2.41. The van der Waals surface area contributed by atoms with Gasteiger partial charge in [-0.2, -0.15) is 0 Å². The highest BCUT2D eigenvalue weighted by Crippen LogP contribution is 2.26. The van der Waals surface area contributed by atoms with E-state index in [-0.39, 0.29) is 29.2 Å². The lowest BCUT2D eigenvalue weighted by Gasteiger charge is -2.11. The SMILES string of the molecule is O=C1N/C(=C/c2cc([N+](=O)[O-])ccc2O)C(=O)N1Cc1ccccc1. The van der Waals surface area contributed by atoms with Crippen LogP contribution in [0.4, 0.5) is 10.5 Å². The third kappa shape index (κ3) is 3.32. The van der Waals surface area contributed by atoms with Gasteiger partial charge in [0.05, 0.1) is 11.5 Å². The van der Waals surface area contributed by atoms with Crippen LogP contribution >= 0.6 is 0 Å². The van der Waals surface area contributed by atoms with Crippen molar-refractivity contribution < 1.29 is 19.6 Å². The summed E-state index contributed by atoms with van der Waals surface area (Å²) < 4.78 is 0. The second kappa shape index (κ2) is 6.44. The van der Waals surface area contributed by atoms with E-state index in [9.17, 15) is 24.8 Å². The molecule has 0 spiro atoms. The van der Waals surface area contributed by atoms with Gasteiger partial charge in [-0.3, -0.25) is 19.8 Å². The first kappa shape index (κ1) is 16.2. The van der Waals surface area contributed by atoms with E-state index in [1.807, 2.05) is 6.07 Å². The average molecular weight is 339 g/mol. The molecule has 1 fully saturated rings.